The Morgan fingerprint density at radius 1 is 1.24 bits per heavy atom. The number of para-hydroxylation sites is 1. The zero-order chi connectivity index (χ0) is 28.1. The summed E-state index contributed by atoms with van der Waals surface area (Å²) in [5.41, 5.74) is 1.50. The van der Waals surface area contributed by atoms with Crippen LogP contribution in [0.15, 0.2) is 22.7 Å². The summed E-state index contributed by atoms with van der Waals surface area (Å²) in [6, 6.07) is 3.61. The van der Waals surface area contributed by atoms with Gasteiger partial charge in [0.2, 0.25) is 0 Å². The van der Waals surface area contributed by atoms with Crippen LogP contribution >= 0.6 is 0 Å². The van der Waals surface area contributed by atoms with Crippen molar-refractivity contribution in [3.05, 3.63) is 35.2 Å². The third kappa shape index (κ3) is 6.55. The van der Waals surface area contributed by atoms with Gasteiger partial charge in [-0.1, -0.05) is 18.1 Å². The lowest BCUT2D eigenvalue weighted by atomic mass is 9.99. The second kappa shape index (κ2) is 12.2. The fourth-order valence-corrected chi connectivity index (χ4v) is 4.20. The molecule has 5 amide bonds. The molecule has 0 spiro atoms. The fourth-order valence-electron chi connectivity index (χ4n) is 4.20. The number of nitrogens with one attached hydrogen (secondary N) is 3. The predicted octanol–water partition coefficient (Wildman–Crippen LogP) is 3.21. The van der Waals surface area contributed by atoms with Gasteiger partial charge in [0.05, 0.1) is 30.4 Å². The molecule has 0 bridgehead atoms. The summed E-state index contributed by atoms with van der Waals surface area (Å²) in [6.45, 7) is 11.2. The summed E-state index contributed by atoms with van der Waals surface area (Å²) in [4.78, 5) is 42.2. The van der Waals surface area contributed by atoms with Crippen LogP contribution in [0.1, 0.15) is 49.5 Å². The van der Waals surface area contributed by atoms with Gasteiger partial charge in [0.25, 0.3) is 5.91 Å². The number of aliphatic hydroxyl groups is 1. The maximum absolute atomic E-state index is 13.6. The summed E-state index contributed by atoms with van der Waals surface area (Å²) in [5.74, 6) is 0.112. The first-order valence-corrected chi connectivity index (χ1v) is 12.7. The first kappa shape index (κ1) is 28.8. The molecule has 1 aromatic heterocycles. The number of fused-ring (bicyclic) bond motifs is 1. The highest BCUT2D eigenvalue weighted by Crippen LogP contribution is 2.35. The summed E-state index contributed by atoms with van der Waals surface area (Å²) in [5, 5.41) is 22.0. The molecule has 1 aliphatic rings. The van der Waals surface area contributed by atoms with Gasteiger partial charge in [-0.15, -0.1) is 0 Å². The highest BCUT2D eigenvalue weighted by atomic mass is 16.5. The van der Waals surface area contributed by atoms with E-state index in [1.807, 2.05) is 20.8 Å². The second-order valence-corrected chi connectivity index (χ2v) is 10.1. The molecular formula is C26H38N6O6. The maximum Gasteiger partial charge on any atom is 0.323 e. The number of urea groups is 2. The lowest BCUT2D eigenvalue weighted by Gasteiger charge is -2.38. The second-order valence-electron chi connectivity index (χ2n) is 10.1. The lowest BCUT2D eigenvalue weighted by Crippen LogP contribution is -2.51. The Balaban J connectivity index is 1.97. The number of anilines is 2. The monoisotopic (exact) mass is 530 g/mol. The number of aryl methyl sites for hydroxylation is 2. The molecule has 3 rings (SSSR count). The van der Waals surface area contributed by atoms with Crippen molar-refractivity contribution in [2.45, 2.75) is 59.7 Å². The average molecular weight is 531 g/mol. The van der Waals surface area contributed by atoms with Gasteiger partial charge < -0.3 is 40.1 Å². The zero-order valence-corrected chi connectivity index (χ0v) is 23.0. The largest absolute Gasteiger partial charge is 0.485 e. The first-order chi connectivity index (χ1) is 17.9. The molecular weight excluding hydrogens is 492 g/mol. The molecule has 1 aromatic carbocycles. The van der Waals surface area contributed by atoms with Gasteiger partial charge in [0, 0.05) is 25.6 Å². The summed E-state index contributed by atoms with van der Waals surface area (Å²) < 4.78 is 11.5. The van der Waals surface area contributed by atoms with Gasteiger partial charge in [-0.3, -0.25) is 4.79 Å². The number of benzene rings is 1. The molecule has 2 aromatic rings. The van der Waals surface area contributed by atoms with Crippen LogP contribution in [0.2, 0.25) is 0 Å². The van der Waals surface area contributed by atoms with Gasteiger partial charge in [0.1, 0.15) is 17.5 Å². The van der Waals surface area contributed by atoms with Crippen LogP contribution in [0.3, 0.4) is 0 Å². The molecule has 38 heavy (non-hydrogen) atoms. The number of hydrogen-bond acceptors (Lipinski definition) is 7. The van der Waals surface area contributed by atoms with Crippen molar-refractivity contribution in [3.8, 4) is 5.75 Å². The Kier molecular flexibility index (Phi) is 9.21. The number of hydrogen-bond donors (Lipinski definition) is 4. The van der Waals surface area contributed by atoms with E-state index in [1.165, 1.54) is 4.90 Å². The number of aliphatic hydroxyl groups excluding tert-OH is 1. The van der Waals surface area contributed by atoms with Gasteiger partial charge in [-0.2, -0.15) is 0 Å². The molecule has 12 nitrogen and oxygen atoms in total. The van der Waals surface area contributed by atoms with E-state index in [0.717, 1.165) is 0 Å². The van der Waals surface area contributed by atoms with Crippen LogP contribution in [-0.2, 0) is 0 Å². The number of carbonyl (C=O) groups excluding carboxylic acids is 3. The Morgan fingerprint density at radius 2 is 1.95 bits per heavy atom. The average Bonchev–Trinajstić information content (AvgIpc) is 3.17. The van der Waals surface area contributed by atoms with E-state index in [0.29, 0.717) is 23.7 Å². The standard InChI is InChI=1S/C26H38N6O6/c1-14(2)27-26(36)31(7)12-21-15(3)11-32(16(4)13-33)24(34)19-9-8-10-20(23(19)37-21)28-25(35)29-22-17(5)30-38-18(22)6/h8-10,14-16,21,33H,11-13H2,1-7H3,(H,27,36)(H2,28,29,35)/t15-,16-,21-/m1/s1. The molecule has 0 saturated heterocycles. The molecule has 0 fully saturated rings. The van der Waals surface area contributed by atoms with Crippen LogP contribution in [0.25, 0.3) is 0 Å². The van der Waals surface area contributed by atoms with Crippen molar-refractivity contribution < 1.29 is 28.8 Å². The van der Waals surface area contributed by atoms with Crippen molar-refractivity contribution in [3.63, 3.8) is 0 Å². The van der Waals surface area contributed by atoms with Gasteiger partial charge in [-0.25, -0.2) is 9.59 Å². The lowest BCUT2D eigenvalue weighted by molar-refractivity contribution is 0.0368. The van der Waals surface area contributed by atoms with Crippen LogP contribution in [-0.4, -0.2) is 83.0 Å². The third-order valence-corrected chi connectivity index (χ3v) is 6.42. The number of carbonyl (C=O) groups is 3. The molecule has 208 valence electrons. The fraction of sp³-hybridized carbons (Fsp3) is 0.538. The number of aromatic nitrogens is 1. The van der Waals surface area contributed by atoms with Crippen molar-refractivity contribution >= 4 is 29.3 Å². The Morgan fingerprint density at radius 3 is 2.55 bits per heavy atom. The molecule has 4 N–H and O–H groups in total. The number of ether oxygens (including phenoxy) is 1. The predicted molar refractivity (Wildman–Crippen MR) is 143 cm³/mol. The Bertz CT molecular complexity index is 1150. The van der Waals surface area contributed by atoms with Crippen LogP contribution < -0.4 is 20.7 Å². The molecule has 0 radical (unpaired) electrons. The Hall–Kier alpha value is -3.80. The third-order valence-electron chi connectivity index (χ3n) is 6.42. The van der Waals surface area contributed by atoms with Crippen LogP contribution in [0, 0.1) is 19.8 Å². The van der Waals surface area contributed by atoms with E-state index in [1.54, 1.807) is 50.9 Å². The van der Waals surface area contributed by atoms with E-state index < -0.39 is 18.2 Å². The van der Waals surface area contributed by atoms with E-state index in [-0.39, 0.29) is 54.1 Å². The van der Waals surface area contributed by atoms with Crippen LogP contribution in [0.4, 0.5) is 21.0 Å². The van der Waals surface area contributed by atoms with Gasteiger partial charge in [-0.05, 0) is 46.8 Å². The van der Waals surface area contributed by atoms with Crippen molar-refractivity contribution in [2.75, 3.05) is 37.4 Å². The summed E-state index contributed by atoms with van der Waals surface area (Å²) in [7, 11) is 1.67. The molecule has 0 unspecified atom stereocenters. The molecule has 12 heteroatoms. The minimum absolute atomic E-state index is 0.0353. The topological polar surface area (TPSA) is 149 Å². The minimum atomic E-state index is -0.565. The maximum atomic E-state index is 13.6. The van der Waals surface area contributed by atoms with Crippen molar-refractivity contribution in [2.24, 2.45) is 5.92 Å². The minimum Gasteiger partial charge on any atom is -0.485 e. The van der Waals surface area contributed by atoms with Crippen molar-refractivity contribution in [1.29, 1.82) is 0 Å². The van der Waals surface area contributed by atoms with E-state index >= 15 is 0 Å². The molecule has 0 saturated carbocycles. The van der Waals surface area contributed by atoms with E-state index in [9.17, 15) is 19.5 Å². The smallest absolute Gasteiger partial charge is 0.323 e. The number of rotatable bonds is 7. The van der Waals surface area contributed by atoms with Crippen LogP contribution in [0.5, 0.6) is 5.75 Å². The molecule has 1 aliphatic heterocycles. The van der Waals surface area contributed by atoms with Gasteiger partial charge >= 0.3 is 12.1 Å². The Labute approximate surface area is 222 Å². The normalized spacial score (nSPS) is 18.1. The zero-order valence-electron chi connectivity index (χ0n) is 23.0. The van der Waals surface area contributed by atoms with E-state index in [4.69, 9.17) is 9.26 Å². The quantitative estimate of drug-likeness (QED) is 0.429. The summed E-state index contributed by atoms with van der Waals surface area (Å²) in [6.07, 6.45) is -0.522. The SMILES string of the molecule is Cc1noc(C)c1NC(=O)Nc1cccc2c1O[C@H](CN(C)C(=O)NC(C)C)[C@H](C)CN([C@H](C)CO)C2=O. The number of amides is 5. The summed E-state index contributed by atoms with van der Waals surface area (Å²) >= 11 is 0. The number of likely N-dealkylation sites (N-methyl/N-ethyl adjacent to an activating group) is 1. The van der Waals surface area contributed by atoms with Crippen molar-refractivity contribution in [1.82, 2.24) is 20.3 Å². The molecule has 0 aliphatic carbocycles. The molecule has 2 heterocycles. The molecule has 3 atom stereocenters. The van der Waals surface area contributed by atoms with Gasteiger partial charge in [0.15, 0.2) is 11.5 Å². The highest BCUT2D eigenvalue weighted by molar-refractivity contribution is 6.04. The highest BCUT2D eigenvalue weighted by Gasteiger charge is 2.35. The van der Waals surface area contributed by atoms with E-state index in [2.05, 4.69) is 21.1 Å². The first-order valence-electron chi connectivity index (χ1n) is 12.7. The number of nitrogens with zero attached hydrogens (tertiary/aromatic N) is 3.